The molecule has 0 spiro atoms. The summed E-state index contributed by atoms with van der Waals surface area (Å²) in [4.78, 5) is 13.5. The summed E-state index contributed by atoms with van der Waals surface area (Å²) < 4.78 is 26.2. The van der Waals surface area contributed by atoms with Crippen LogP contribution in [0.1, 0.15) is 16.8 Å². The Bertz CT molecular complexity index is 431. The lowest BCUT2D eigenvalue weighted by Crippen LogP contribution is -2.38. The summed E-state index contributed by atoms with van der Waals surface area (Å²) in [5.74, 6) is -1.90. The number of amides is 1. The molecular weight excluding hydrogens is 226 g/mol. The van der Waals surface area contributed by atoms with Crippen molar-refractivity contribution in [1.82, 2.24) is 10.2 Å². The number of carbonyl (C=O) groups is 1. The van der Waals surface area contributed by atoms with Crippen LogP contribution in [0.3, 0.4) is 0 Å². The third-order valence-corrected chi connectivity index (χ3v) is 3.06. The van der Waals surface area contributed by atoms with Gasteiger partial charge in [0, 0.05) is 25.7 Å². The number of nitrogens with zero attached hydrogens (tertiary/aromatic N) is 1. The summed E-state index contributed by atoms with van der Waals surface area (Å²) in [6.45, 7) is 1.57. The molecule has 3 nitrogen and oxygen atoms in total. The first-order chi connectivity index (χ1) is 8.09. The molecule has 17 heavy (non-hydrogen) atoms. The summed E-state index contributed by atoms with van der Waals surface area (Å²) in [6.07, 6.45) is 0.852. The molecule has 0 bridgehead atoms. The lowest BCUT2D eigenvalue weighted by Gasteiger charge is -2.23. The van der Waals surface area contributed by atoms with Crippen LogP contribution in [-0.2, 0) is 0 Å². The van der Waals surface area contributed by atoms with Crippen LogP contribution in [0.15, 0.2) is 18.2 Å². The standard InChI is InChI=1S/C12H14F2N2O/c1-16(9-4-5-15-7-9)12(17)10-3-2-8(13)6-11(10)14/h2-3,6,9,15H,4-5,7H2,1H3. The summed E-state index contributed by atoms with van der Waals surface area (Å²) in [6, 6.07) is 3.09. The van der Waals surface area contributed by atoms with Gasteiger partial charge in [0.25, 0.3) is 5.91 Å². The molecule has 1 unspecified atom stereocenters. The van der Waals surface area contributed by atoms with E-state index >= 15 is 0 Å². The highest BCUT2D eigenvalue weighted by Crippen LogP contribution is 2.15. The minimum absolute atomic E-state index is 0.0759. The van der Waals surface area contributed by atoms with Gasteiger partial charge in [-0.15, -0.1) is 0 Å². The lowest BCUT2D eigenvalue weighted by molar-refractivity contribution is 0.0739. The SMILES string of the molecule is CN(C(=O)c1ccc(F)cc1F)C1CCNC1. The molecule has 0 aromatic heterocycles. The fraction of sp³-hybridized carbons (Fsp3) is 0.417. The summed E-state index contributed by atoms with van der Waals surface area (Å²) in [7, 11) is 1.64. The predicted octanol–water partition coefficient (Wildman–Crippen LogP) is 1.40. The van der Waals surface area contributed by atoms with Crippen molar-refractivity contribution in [2.75, 3.05) is 20.1 Å². The van der Waals surface area contributed by atoms with E-state index in [-0.39, 0.29) is 11.6 Å². The third-order valence-electron chi connectivity index (χ3n) is 3.06. The van der Waals surface area contributed by atoms with Gasteiger partial charge in [0.2, 0.25) is 0 Å². The second kappa shape index (κ2) is 4.79. The summed E-state index contributed by atoms with van der Waals surface area (Å²) >= 11 is 0. The van der Waals surface area contributed by atoms with Crippen LogP contribution in [0.5, 0.6) is 0 Å². The summed E-state index contributed by atoms with van der Waals surface area (Å²) in [5.41, 5.74) is -0.0826. The van der Waals surface area contributed by atoms with Crippen molar-refractivity contribution in [3.05, 3.63) is 35.4 Å². The largest absolute Gasteiger partial charge is 0.337 e. The molecule has 0 aliphatic carbocycles. The van der Waals surface area contributed by atoms with E-state index in [0.717, 1.165) is 25.1 Å². The fourth-order valence-electron chi connectivity index (χ4n) is 1.99. The number of halogens is 2. The smallest absolute Gasteiger partial charge is 0.256 e. The Labute approximate surface area is 98.4 Å². The van der Waals surface area contributed by atoms with Gasteiger partial charge in [-0.3, -0.25) is 4.79 Å². The van der Waals surface area contributed by atoms with Crippen LogP contribution in [0.25, 0.3) is 0 Å². The van der Waals surface area contributed by atoms with Gasteiger partial charge in [-0.1, -0.05) is 0 Å². The molecule has 1 aromatic rings. The Kier molecular flexibility index (Phi) is 3.38. The molecule has 1 aromatic carbocycles. The molecule has 1 aliphatic heterocycles. The molecule has 92 valence electrons. The minimum atomic E-state index is -0.812. The first-order valence-electron chi connectivity index (χ1n) is 5.52. The van der Waals surface area contributed by atoms with Gasteiger partial charge in [-0.05, 0) is 25.1 Å². The van der Waals surface area contributed by atoms with E-state index in [0.29, 0.717) is 6.54 Å². The highest BCUT2D eigenvalue weighted by molar-refractivity contribution is 5.94. The van der Waals surface area contributed by atoms with Gasteiger partial charge >= 0.3 is 0 Å². The van der Waals surface area contributed by atoms with Crippen molar-refractivity contribution < 1.29 is 13.6 Å². The van der Waals surface area contributed by atoms with Crippen molar-refractivity contribution in [2.24, 2.45) is 0 Å². The third kappa shape index (κ3) is 2.44. The molecule has 1 aliphatic rings. The average Bonchev–Trinajstić information content (AvgIpc) is 2.80. The molecule has 1 heterocycles. The summed E-state index contributed by atoms with van der Waals surface area (Å²) in [5, 5.41) is 3.14. The van der Waals surface area contributed by atoms with Crippen molar-refractivity contribution in [3.8, 4) is 0 Å². The van der Waals surface area contributed by atoms with Crippen LogP contribution in [-0.4, -0.2) is 37.0 Å². The Hall–Kier alpha value is -1.49. The zero-order chi connectivity index (χ0) is 12.4. The van der Waals surface area contributed by atoms with Crippen molar-refractivity contribution in [2.45, 2.75) is 12.5 Å². The molecule has 1 saturated heterocycles. The maximum Gasteiger partial charge on any atom is 0.256 e. The first-order valence-corrected chi connectivity index (χ1v) is 5.52. The number of hydrogen-bond acceptors (Lipinski definition) is 2. The number of carbonyl (C=O) groups excluding carboxylic acids is 1. The Morgan fingerprint density at radius 2 is 2.24 bits per heavy atom. The van der Waals surface area contributed by atoms with E-state index in [1.807, 2.05) is 0 Å². The van der Waals surface area contributed by atoms with Gasteiger partial charge < -0.3 is 10.2 Å². The Balaban J connectivity index is 2.18. The van der Waals surface area contributed by atoms with E-state index in [1.54, 1.807) is 7.05 Å². The molecule has 1 N–H and O–H groups in total. The van der Waals surface area contributed by atoms with Crippen molar-refractivity contribution in [3.63, 3.8) is 0 Å². The molecule has 1 atom stereocenters. The number of likely N-dealkylation sites (N-methyl/N-ethyl adjacent to an activating group) is 1. The molecule has 1 amide bonds. The molecular formula is C12H14F2N2O. The van der Waals surface area contributed by atoms with Gasteiger partial charge in [-0.25, -0.2) is 8.78 Å². The Morgan fingerprint density at radius 1 is 1.47 bits per heavy atom. The second-order valence-corrected chi connectivity index (χ2v) is 4.19. The van der Waals surface area contributed by atoms with Crippen LogP contribution in [0.2, 0.25) is 0 Å². The van der Waals surface area contributed by atoms with E-state index in [9.17, 15) is 13.6 Å². The topological polar surface area (TPSA) is 32.3 Å². The van der Waals surface area contributed by atoms with Crippen LogP contribution in [0.4, 0.5) is 8.78 Å². The highest BCUT2D eigenvalue weighted by Gasteiger charge is 2.25. The van der Waals surface area contributed by atoms with E-state index < -0.39 is 17.5 Å². The number of rotatable bonds is 2. The van der Waals surface area contributed by atoms with Crippen LogP contribution >= 0.6 is 0 Å². The van der Waals surface area contributed by atoms with Crippen molar-refractivity contribution >= 4 is 5.91 Å². The van der Waals surface area contributed by atoms with E-state index in [1.165, 1.54) is 11.0 Å². The highest BCUT2D eigenvalue weighted by atomic mass is 19.1. The molecule has 1 fully saturated rings. The monoisotopic (exact) mass is 240 g/mol. The average molecular weight is 240 g/mol. The maximum atomic E-state index is 13.4. The molecule has 5 heteroatoms. The van der Waals surface area contributed by atoms with Gasteiger partial charge in [0.05, 0.1) is 5.56 Å². The van der Waals surface area contributed by atoms with Crippen LogP contribution in [0, 0.1) is 11.6 Å². The first kappa shape index (κ1) is 12.0. The minimum Gasteiger partial charge on any atom is -0.337 e. The fourth-order valence-corrected chi connectivity index (χ4v) is 1.99. The molecule has 0 saturated carbocycles. The Morgan fingerprint density at radius 3 is 2.82 bits per heavy atom. The van der Waals surface area contributed by atoms with E-state index in [2.05, 4.69) is 5.32 Å². The van der Waals surface area contributed by atoms with Gasteiger partial charge in [-0.2, -0.15) is 0 Å². The quantitative estimate of drug-likeness (QED) is 0.847. The second-order valence-electron chi connectivity index (χ2n) is 4.19. The number of benzene rings is 1. The van der Waals surface area contributed by atoms with Gasteiger partial charge in [0.15, 0.2) is 0 Å². The van der Waals surface area contributed by atoms with Gasteiger partial charge in [0.1, 0.15) is 11.6 Å². The zero-order valence-corrected chi connectivity index (χ0v) is 9.54. The normalized spacial score (nSPS) is 19.4. The molecule has 2 rings (SSSR count). The van der Waals surface area contributed by atoms with E-state index in [4.69, 9.17) is 0 Å². The molecule has 0 radical (unpaired) electrons. The number of nitrogens with one attached hydrogen (secondary N) is 1. The van der Waals surface area contributed by atoms with Crippen molar-refractivity contribution in [1.29, 1.82) is 0 Å². The lowest BCUT2D eigenvalue weighted by atomic mass is 10.1. The number of hydrogen-bond donors (Lipinski definition) is 1. The predicted molar refractivity (Wildman–Crippen MR) is 59.7 cm³/mol. The zero-order valence-electron chi connectivity index (χ0n) is 9.54. The van der Waals surface area contributed by atoms with Crippen LogP contribution < -0.4 is 5.32 Å². The maximum absolute atomic E-state index is 13.4.